The molecule has 0 bridgehead atoms. The van der Waals surface area contributed by atoms with E-state index in [1.54, 1.807) is 0 Å². The summed E-state index contributed by atoms with van der Waals surface area (Å²) < 4.78 is 2.26. The third kappa shape index (κ3) is 1.57. The molecule has 0 N–H and O–H groups in total. The lowest BCUT2D eigenvalue weighted by Gasteiger charge is -2.12. The minimum Gasteiger partial charge on any atom is -0.307 e. The maximum Gasteiger partial charge on any atom is 0.160 e. The molecule has 1 fully saturated rings. The highest BCUT2D eigenvalue weighted by atomic mass is 35.5. The molecule has 0 radical (unpaired) electrons. The Morgan fingerprint density at radius 1 is 1.26 bits per heavy atom. The summed E-state index contributed by atoms with van der Waals surface area (Å²) in [7, 11) is 0. The van der Waals surface area contributed by atoms with Crippen LogP contribution in [0.15, 0.2) is 18.3 Å². The minimum absolute atomic E-state index is 0.110. The molecule has 0 spiro atoms. The van der Waals surface area contributed by atoms with Crippen LogP contribution in [-0.2, 0) is 0 Å². The number of nitrogens with zero attached hydrogens (tertiary/aromatic N) is 3. The van der Waals surface area contributed by atoms with Crippen molar-refractivity contribution in [3.05, 3.63) is 24.2 Å². The molecule has 4 heteroatoms. The number of aromatic nitrogens is 3. The highest BCUT2D eigenvalue weighted by Crippen LogP contribution is 2.72. The number of pyridine rings is 1. The maximum absolute atomic E-state index is 6.33. The van der Waals surface area contributed by atoms with Crippen molar-refractivity contribution < 1.29 is 0 Å². The molecule has 2 aromatic rings. The standard InChI is InChI=1S/C15H20ClN3/c1-9(16)11-18-10-7-6-8-17-12(10)19(11)13-14(2,3)15(13,4)5/h6-9,13H,1-5H3. The Morgan fingerprint density at radius 3 is 2.42 bits per heavy atom. The van der Waals surface area contributed by atoms with Crippen LogP contribution in [-0.4, -0.2) is 14.5 Å². The van der Waals surface area contributed by atoms with Crippen molar-refractivity contribution in [2.45, 2.75) is 46.0 Å². The largest absolute Gasteiger partial charge is 0.307 e. The average molecular weight is 278 g/mol. The van der Waals surface area contributed by atoms with E-state index in [-0.39, 0.29) is 16.2 Å². The van der Waals surface area contributed by atoms with Crippen molar-refractivity contribution in [3.63, 3.8) is 0 Å². The minimum atomic E-state index is -0.110. The van der Waals surface area contributed by atoms with Crippen molar-refractivity contribution in [1.29, 1.82) is 0 Å². The van der Waals surface area contributed by atoms with Gasteiger partial charge in [-0.05, 0) is 29.9 Å². The molecule has 3 rings (SSSR count). The number of fused-ring (bicyclic) bond motifs is 1. The summed E-state index contributed by atoms with van der Waals surface area (Å²) in [5, 5.41) is -0.110. The highest BCUT2D eigenvalue weighted by molar-refractivity contribution is 6.20. The van der Waals surface area contributed by atoms with E-state index >= 15 is 0 Å². The van der Waals surface area contributed by atoms with Gasteiger partial charge in [0.1, 0.15) is 11.3 Å². The van der Waals surface area contributed by atoms with E-state index in [9.17, 15) is 0 Å². The molecule has 102 valence electrons. The van der Waals surface area contributed by atoms with Gasteiger partial charge in [0.15, 0.2) is 5.65 Å². The molecular formula is C15H20ClN3. The number of halogens is 1. The van der Waals surface area contributed by atoms with Gasteiger partial charge in [-0.15, -0.1) is 11.6 Å². The van der Waals surface area contributed by atoms with Crippen molar-refractivity contribution in [2.75, 3.05) is 0 Å². The van der Waals surface area contributed by atoms with Gasteiger partial charge in [-0.3, -0.25) is 0 Å². The lowest BCUT2D eigenvalue weighted by molar-refractivity contribution is 0.457. The first-order valence-corrected chi connectivity index (χ1v) is 7.19. The van der Waals surface area contributed by atoms with E-state index < -0.39 is 0 Å². The molecule has 3 nitrogen and oxygen atoms in total. The third-order valence-electron chi connectivity index (χ3n) is 5.03. The van der Waals surface area contributed by atoms with E-state index in [0.717, 1.165) is 17.0 Å². The van der Waals surface area contributed by atoms with Gasteiger partial charge < -0.3 is 4.57 Å². The summed E-state index contributed by atoms with van der Waals surface area (Å²) in [6, 6.07) is 4.33. The van der Waals surface area contributed by atoms with E-state index in [1.165, 1.54) is 0 Å². The first-order valence-electron chi connectivity index (χ1n) is 6.75. The van der Waals surface area contributed by atoms with Gasteiger partial charge in [-0.25, -0.2) is 9.97 Å². The van der Waals surface area contributed by atoms with Crippen LogP contribution in [0.2, 0.25) is 0 Å². The van der Waals surface area contributed by atoms with Crippen molar-refractivity contribution in [3.8, 4) is 0 Å². The summed E-state index contributed by atoms with van der Waals surface area (Å²) >= 11 is 6.33. The molecule has 2 heterocycles. The summed E-state index contributed by atoms with van der Waals surface area (Å²) in [6.45, 7) is 11.2. The van der Waals surface area contributed by atoms with Crippen LogP contribution < -0.4 is 0 Å². The van der Waals surface area contributed by atoms with Crippen LogP contribution in [0.3, 0.4) is 0 Å². The number of rotatable bonds is 2. The lowest BCUT2D eigenvalue weighted by atomic mass is 10.0. The Hall–Kier alpha value is -1.09. The molecule has 1 saturated carbocycles. The molecule has 19 heavy (non-hydrogen) atoms. The Bertz CT molecular complexity index is 626. The third-order valence-corrected chi connectivity index (χ3v) is 5.23. The first-order chi connectivity index (χ1) is 8.78. The van der Waals surface area contributed by atoms with Crippen LogP contribution in [0.1, 0.15) is 51.9 Å². The molecular weight excluding hydrogens is 258 g/mol. The molecule has 1 aliphatic rings. The van der Waals surface area contributed by atoms with Gasteiger partial charge in [0.2, 0.25) is 0 Å². The predicted octanol–water partition coefficient (Wildman–Crippen LogP) is 4.34. The van der Waals surface area contributed by atoms with Crippen LogP contribution in [0.4, 0.5) is 0 Å². The molecule has 0 saturated heterocycles. The van der Waals surface area contributed by atoms with Gasteiger partial charge in [-0.1, -0.05) is 27.7 Å². The monoisotopic (exact) mass is 277 g/mol. The Labute approximate surface area is 119 Å². The molecule has 1 atom stereocenters. The smallest absolute Gasteiger partial charge is 0.160 e. The summed E-state index contributed by atoms with van der Waals surface area (Å²) in [6.07, 6.45) is 1.82. The van der Waals surface area contributed by atoms with Crippen molar-refractivity contribution >= 4 is 22.8 Å². The summed E-state index contributed by atoms with van der Waals surface area (Å²) in [5.41, 5.74) is 2.36. The van der Waals surface area contributed by atoms with E-state index in [1.807, 2.05) is 25.3 Å². The predicted molar refractivity (Wildman–Crippen MR) is 78.4 cm³/mol. The van der Waals surface area contributed by atoms with Crippen LogP contribution >= 0.6 is 11.6 Å². The number of hydrogen-bond acceptors (Lipinski definition) is 2. The Balaban J connectivity index is 2.26. The normalized spacial score (nSPS) is 22.6. The molecule has 1 aliphatic carbocycles. The molecule has 1 unspecified atom stereocenters. The highest BCUT2D eigenvalue weighted by Gasteiger charge is 2.66. The van der Waals surface area contributed by atoms with Crippen LogP contribution in [0.5, 0.6) is 0 Å². The van der Waals surface area contributed by atoms with Gasteiger partial charge in [0.05, 0.1) is 5.38 Å². The van der Waals surface area contributed by atoms with Crippen LogP contribution in [0, 0.1) is 10.8 Å². The second-order valence-electron chi connectivity index (χ2n) is 6.65. The van der Waals surface area contributed by atoms with E-state index in [2.05, 4.69) is 42.2 Å². The fraction of sp³-hybridized carbons (Fsp3) is 0.600. The second-order valence-corrected chi connectivity index (χ2v) is 7.30. The number of hydrogen-bond donors (Lipinski definition) is 0. The van der Waals surface area contributed by atoms with Gasteiger partial charge in [0, 0.05) is 12.2 Å². The van der Waals surface area contributed by atoms with E-state index in [0.29, 0.717) is 6.04 Å². The quantitative estimate of drug-likeness (QED) is 0.765. The first kappa shape index (κ1) is 12.9. The topological polar surface area (TPSA) is 30.7 Å². The summed E-state index contributed by atoms with van der Waals surface area (Å²) in [4.78, 5) is 9.19. The number of imidazole rings is 1. The number of alkyl halides is 1. The fourth-order valence-corrected chi connectivity index (χ4v) is 3.44. The average Bonchev–Trinajstić information content (AvgIpc) is 2.63. The van der Waals surface area contributed by atoms with E-state index in [4.69, 9.17) is 11.6 Å². The second kappa shape index (κ2) is 3.72. The lowest BCUT2D eigenvalue weighted by Crippen LogP contribution is -2.07. The molecule has 2 aromatic heterocycles. The zero-order valence-electron chi connectivity index (χ0n) is 12.1. The maximum atomic E-state index is 6.33. The fourth-order valence-electron chi connectivity index (χ4n) is 3.29. The molecule has 0 amide bonds. The van der Waals surface area contributed by atoms with Gasteiger partial charge in [0.25, 0.3) is 0 Å². The Morgan fingerprint density at radius 2 is 1.89 bits per heavy atom. The summed E-state index contributed by atoms with van der Waals surface area (Å²) in [5.74, 6) is 0.930. The van der Waals surface area contributed by atoms with Crippen molar-refractivity contribution in [2.24, 2.45) is 10.8 Å². The Kier molecular flexibility index (Phi) is 2.53. The molecule has 0 aliphatic heterocycles. The van der Waals surface area contributed by atoms with Crippen LogP contribution in [0.25, 0.3) is 11.2 Å². The SMILES string of the molecule is CC(Cl)c1nc2cccnc2n1C1C(C)(C)C1(C)C. The van der Waals surface area contributed by atoms with Crippen molar-refractivity contribution in [1.82, 2.24) is 14.5 Å². The zero-order valence-corrected chi connectivity index (χ0v) is 12.9. The van der Waals surface area contributed by atoms with Gasteiger partial charge >= 0.3 is 0 Å². The molecule has 0 aromatic carbocycles. The van der Waals surface area contributed by atoms with Gasteiger partial charge in [-0.2, -0.15) is 0 Å². The zero-order chi connectivity index (χ0) is 14.0.